The zero-order valence-electron chi connectivity index (χ0n) is 7.77. The second kappa shape index (κ2) is 3.24. The molecule has 0 spiro atoms. The number of hydrogen-bond donors (Lipinski definition) is 0. The molecule has 1 radical (unpaired) electrons. The highest BCUT2D eigenvalue weighted by atomic mass is 32.1. The molecule has 0 aliphatic carbocycles. The molecular weight excluding hydrogens is 196 g/mol. The molecule has 1 aliphatic heterocycles. The fraction of sp³-hybridized carbons (Fsp3) is 0.222. The maximum atomic E-state index is 8.86. The minimum absolute atomic E-state index is 0.608. The molecule has 1 aliphatic rings. The molecule has 5 heteroatoms. The van der Waals surface area contributed by atoms with E-state index in [9.17, 15) is 0 Å². The Balaban J connectivity index is 2.55. The van der Waals surface area contributed by atoms with Crippen LogP contribution >= 0.6 is 11.3 Å². The minimum Gasteiger partial charge on any atom is -0.212 e. The molecule has 0 saturated carbocycles. The highest BCUT2D eigenvalue weighted by Gasteiger charge is 2.17. The molecule has 0 amide bonds. The Kier molecular flexibility index (Phi) is 2.06. The van der Waals surface area contributed by atoms with Crippen LogP contribution < -0.4 is 5.43 Å². The van der Waals surface area contributed by atoms with E-state index in [-0.39, 0.29) is 0 Å². The van der Waals surface area contributed by atoms with E-state index in [1.165, 1.54) is 17.7 Å². The molecule has 0 unspecified atom stereocenters. The largest absolute Gasteiger partial charge is 0.212 e. The van der Waals surface area contributed by atoms with E-state index in [1.807, 2.05) is 13.8 Å². The Bertz CT molecular complexity index is 476. The Hall–Kier alpha value is -1.67. The van der Waals surface area contributed by atoms with Gasteiger partial charge in [0.15, 0.2) is 5.84 Å². The van der Waals surface area contributed by atoms with Crippen molar-refractivity contribution in [2.45, 2.75) is 13.8 Å². The smallest absolute Gasteiger partial charge is 0.193 e. The fourth-order valence-corrected chi connectivity index (χ4v) is 2.25. The average molecular weight is 203 g/mol. The molecule has 0 fully saturated rings. The molecular formula is C9H7N4S. The number of nitriles is 1. The van der Waals surface area contributed by atoms with Gasteiger partial charge in [-0.1, -0.05) is 0 Å². The van der Waals surface area contributed by atoms with E-state index >= 15 is 0 Å². The van der Waals surface area contributed by atoms with Crippen LogP contribution in [0.4, 0.5) is 0 Å². The molecule has 1 aromatic rings. The molecule has 4 nitrogen and oxygen atoms in total. The quantitative estimate of drug-likeness (QED) is 0.682. The summed E-state index contributed by atoms with van der Waals surface area (Å²) in [5.74, 6) is 0.608. The summed E-state index contributed by atoms with van der Waals surface area (Å²) in [6, 6.07) is 2.16. The van der Waals surface area contributed by atoms with Crippen molar-refractivity contribution in [1.29, 1.82) is 5.26 Å². The molecule has 0 saturated heterocycles. The molecule has 1 aromatic heterocycles. The Morgan fingerprint density at radius 1 is 1.36 bits per heavy atom. The lowest BCUT2D eigenvalue weighted by molar-refractivity contribution is 1.06. The van der Waals surface area contributed by atoms with E-state index in [0.717, 1.165) is 20.9 Å². The van der Waals surface area contributed by atoms with Gasteiger partial charge in [-0.05, 0) is 25.0 Å². The lowest BCUT2D eigenvalue weighted by Gasteiger charge is -1.93. The number of thiophene rings is 1. The summed E-state index contributed by atoms with van der Waals surface area (Å²) in [4.78, 5) is 5.68. The molecule has 0 aromatic carbocycles. The first-order chi connectivity index (χ1) is 6.74. The third-order valence-electron chi connectivity index (χ3n) is 2.14. The molecule has 2 rings (SSSR count). The van der Waals surface area contributed by atoms with Gasteiger partial charge < -0.3 is 0 Å². The summed E-state index contributed by atoms with van der Waals surface area (Å²) in [6.45, 7) is 3.91. The summed E-state index contributed by atoms with van der Waals surface area (Å²) in [6.07, 6.45) is 1.41. The van der Waals surface area contributed by atoms with E-state index < -0.39 is 0 Å². The number of nitrogens with zero attached hydrogens (tertiary/aromatic N) is 4. The van der Waals surface area contributed by atoms with Gasteiger partial charge in [-0.3, -0.25) is 0 Å². The zero-order valence-corrected chi connectivity index (χ0v) is 8.59. The number of amidine groups is 1. The topological polar surface area (TPSA) is 62.6 Å². The summed E-state index contributed by atoms with van der Waals surface area (Å²) < 4.78 is 0. The van der Waals surface area contributed by atoms with Crippen LogP contribution in [0.25, 0.3) is 0 Å². The number of hydrogen-bond acceptors (Lipinski definition) is 4. The normalized spacial score (nSPS) is 13.6. The van der Waals surface area contributed by atoms with Crippen molar-refractivity contribution in [2.75, 3.05) is 0 Å². The number of rotatable bonds is 1. The summed E-state index contributed by atoms with van der Waals surface area (Å²) in [5.41, 5.74) is 5.75. The van der Waals surface area contributed by atoms with E-state index in [0.29, 0.717) is 5.84 Å². The van der Waals surface area contributed by atoms with Crippen LogP contribution in [-0.2, 0) is 0 Å². The van der Waals surface area contributed by atoms with Crippen LogP contribution in [0, 0.1) is 25.2 Å². The predicted octanol–water partition coefficient (Wildman–Crippen LogP) is 1.54. The molecule has 0 atom stereocenters. The van der Waals surface area contributed by atoms with Gasteiger partial charge in [0.05, 0.1) is 4.88 Å². The third-order valence-corrected chi connectivity index (χ3v) is 3.43. The van der Waals surface area contributed by atoms with Crippen LogP contribution in [0.5, 0.6) is 0 Å². The van der Waals surface area contributed by atoms with E-state index in [4.69, 9.17) is 5.26 Å². The highest BCUT2D eigenvalue weighted by molar-refractivity contribution is 7.15. The SMILES string of the molecule is Cc1c(C#N)sc(C2=N[N]C=N2)c1C. The molecule has 14 heavy (non-hydrogen) atoms. The average Bonchev–Trinajstić information content (AvgIpc) is 2.78. The fourth-order valence-electron chi connectivity index (χ4n) is 1.21. The maximum Gasteiger partial charge on any atom is 0.193 e. The Morgan fingerprint density at radius 3 is 2.64 bits per heavy atom. The van der Waals surface area contributed by atoms with Gasteiger partial charge in [0.2, 0.25) is 0 Å². The second-order valence-corrected chi connectivity index (χ2v) is 3.93. The highest BCUT2D eigenvalue weighted by Crippen LogP contribution is 2.27. The van der Waals surface area contributed by atoms with Gasteiger partial charge in [-0.2, -0.15) is 5.26 Å². The summed E-state index contributed by atoms with van der Waals surface area (Å²) in [5, 5.41) is 12.7. The van der Waals surface area contributed by atoms with Crippen LogP contribution in [-0.4, -0.2) is 12.2 Å². The van der Waals surface area contributed by atoms with Gasteiger partial charge in [0.1, 0.15) is 17.3 Å². The molecule has 69 valence electrons. The zero-order chi connectivity index (χ0) is 10.1. The predicted molar refractivity (Wildman–Crippen MR) is 55.7 cm³/mol. The van der Waals surface area contributed by atoms with Gasteiger partial charge in [-0.15, -0.1) is 21.9 Å². The van der Waals surface area contributed by atoms with Gasteiger partial charge in [0.25, 0.3) is 0 Å². The first-order valence-corrected chi connectivity index (χ1v) is 4.86. The Morgan fingerprint density at radius 2 is 2.14 bits per heavy atom. The standard InChI is InChI=1S/C9H7N4S/c1-5-6(2)8(14-7(5)3-10)9-11-4-12-13-9/h4H,1-2H3. The van der Waals surface area contributed by atoms with Crippen molar-refractivity contribution in [3.63, 3.8) is 0 Å². The van der Waals surface area contributed by atoms with Crippen molar-refractivity contribution in [3.05, 3.63) is 20.9 Å². The monoisotopic (exact) mass is 203 g/mol. The van der Waals surface area contributed by atoms with Crippen molar-refractivity contribution in [1.82, 2.24) is 5.43 Å². The van der Waals surface area contributed by atoms with E-state index in [2.05, 4.69) is 21.6 Å². The molecule has 2 heterocycles. The summed E-state index contributed by atoms with van der Waals surface area (Å²) >= 11 is 1.42. The van der Waals surface area contributed by atoms with Gasteiger partial charge in [0, 0.05) is 0 Å². The molecule has 0 N–H and O–H groups in total. The van der Waals surface area contributed by atoms with Crippen LogP contribution in [0.3, 0.4) is 0 Å². The first kappa shape index (κ1) is 8.91. The van der Waals surface area contributed by atoms with Crippen molar-refractivity contribution in [3.8, 4) is 6.07 Å². The van der Waals surface area contributed by atoms with Crippen LogP contribution in [0.15, 0.2) is 10.1 Å². The third kappa shape index (κ3) is 1.20. The number of aliphatic imine (C=N–C) groups is 1. The van der Waals surface area contributed by atoms with E-state index in [1.54, 1.807) is 0 Å². The summed E-state index contributed by atoms with van der Waals surface area (Å²) in [7, 11) is 0. The first-order valence-electron chi connectivity index (χ1n) is 4.05. The van der Waals surface area contributed by atoms with Crippen LogP contribution in [0.1, 0.15) is 20.9 Å². The second-order valence-electron chi connectivity index (χ2n) is 2.91. The maximum absolute atomic E-state index is 8.86. The van der Waals surface area contributed by atoms with Crippen LogP contribution in [0.2, 0.25) is 0 Å². The van der Waals surface area contributed by atoms with Crippen molar-refractivity contribution in [2.24, 2.45) is 10.1 Å². The Labute approximate surface area is 85.6 Å². The lowest BCUT2D eigenvalue weighted by atomic mass is 10.1. The minimum atomic E-state index is 0.608. The van der Waals surface area contributed by atoms with Crippen molar-refractivity contribution >= 4 is 23.5 Å². The van der Waals surface area contributed by atoms with Gasteiger partial charge in [-0.25, -0.2) is 4.99 Å². The molecule has 0 bridgehead atoms. The lowest BCUT2D eigenvalue weighted by Crippen LogP contribution is -1.93. The van der Waals surface area contributed by atoms with Gasteiger partial charge >= 0.3 is 0 Å². The van der Waals surface area contributed by atoms with Crippen molar-refractivity contribution < 1.29 is 0 Å².